The average Bonchev–Trinajstić information content (AvgIpc) is 2.44. The minimum absolute atomic E-state index is 0.0339. The van der Waals surface area contributed by atoms with Crippen LogP contribution >= 0.6 is 0 Å². The van der Waals surface area contributed by atoms with Crippen molar-refractivity contribution in [2.75, 3.05) is 27.1 Å². The number of hydrogen-bond donors (Lipinski definition) is 1. The summed E-state index contributed by atoms with van der Waals surface area (Å²) in [5.74, 6) is -0.146. The molecule has 112 valence electrons. The van der Waals surface area contributed by atoms with E-state index in [2.05, 4.69) is 9.46 Å². The maximum atomic E-state index is 11.9. The topological polar surface area (TPSA) is 90.9 Å². The van der Waals surface area contributed by atoms with Crippen molar-refractivity contribution < 1.29 is 27.4 Å². The summed E-state index contributed by atoms with van der Waals surface area (Å²) in [6, 6.07) is 5.74. The summed E-state index contributed by atoms with van der Waals surface area (Å²) < 4.78 is 40.4. The van der Waals surface area contributed by atoms with Gasteiger partial charge in [-0.2, -0.15) is 4.72 Å². The normalized spacial score (nSPS) is 11.1. The van der Waals surface area contributed by atoms with E-state index >= 15 is 0 Å². The molecule has 0 amide bonds. The van der Waals surface area contributed by atoms with Crippen LogP contribution in [0.25, 0.3) is 0 Å². The first-order valence-corrected chi connectivity index (χ1v) is 7.35. The maximum Gasteiger partial charge on any atom is 0.321 e. The Morgan fingerprint density at radius 2 is 1.90 bits per heavy atom. The van der Waals surface area contributed by atoms with E-state index in [0.29, 0.717) is 5.75 Å². The third-order valence-corrected chi connectivity index (χ3v) is 3.61. The first-order valence-electron chi connectivity index (χ1n) is 5.86. The summed E-state index contributed by atoms with van der Waals surface area (Å²) in [6.07, 6.45) is 0. The van der Waals surface area contributed by atoms with E-state index in [9.17, 15) is 13.2 Å². The number of hydrogen-bond acceptors (Lipinski definition) is 6. The molecule has 0 unspecified atom stereocenters. The van der Waals surface area contributed by atoms with E-state index in [0.717, 1.165) is 0 Å². The molecule has 0 fully saturated rings. The number of methoxy groups -OCH3 is 1. The fraction of sp³-hybridized carbons (Fsp3) is 0.417. The highest BCUT2D eigenvalue weighted by Gasteiger charge is 2.15. The summed E-state index contributed by atoms with van der Waals surface area (Å²) in [7, 11) is -2.26. The predicted molar refractivity (Wildman–Crippen MR) is 70.8 cm³/mol. The Kier molecular flexibility index (Phi) is 6.43. The zero-order valence-electron chi connectivity index (χ0n) is 11.3. The quantitative estimate of drug-likeness (QED) is 0.556. The van der Waals surface area contributed by atoms with E-state index in [1.54, 1.807) is 6.92 Å². The zero-order valence-corrected chi connectivity index (χ0v) is 12.1. The summed E-state index contributed by atoms with van der Waals surface area (Å²) in [6.45, 7) is 1.52. The molecule has 1 aromatic rings. The molecule has 1 aromatic carbocycles. The van der Waals surface area contributed by atoms with Crippen molar-refractivity contribution in [2.45, 2.75) is 11.8 Å². The lowest BCUT2D eigenvalue weighted by atomic mass is 10.3. The van der Waals surface area contributed by atoms with Gasteiger partial charge in [0.05, 0.1) is 11.5 Å². The Morgan fingerprint density at radius 1 is 1.25 bits per heavy atom. The second kappa shape index (κ2) is 7.83. The third-order valence-electron chi connectivity index (χ3n) is 2.19. The van der Waals surface area contributed by atoms with E-state index in [4.69, 9.17) is 9.47 Å². The van der Waals surface area contributed by atoms with Crippen molar-refractivity contribution >= 4 is 16.0 Å². The van der Waals surface area contributed by atoms with Crippen LogP contribution in [0.3, 0.4) is 0 Å². The lowest BCUT2D eigenvalue weighted by Crippen LogP contribution is -2.30. The second-order valence-electron chi connectivity index (χ2n) is 3.65. The van der Waals surface area contributed by atoms with Gasteiger partial charge >= 0.3 is 5.97 Å². The maximum absolute atomic E-state index is 11.9. The predicted octanol–water partition coefficient (Wildman–Crippen LogP) is 0.511. The van der Waals surface area contributed by atoms with Gasteiger partial charge in [0.15, 0.2) is 6.79 Å². The van der Waals surface area contributed by atoms with Crippen LogP contribution in [-0.4, -0.2) is 41.4 Å². The monoisotopic (exact) mass is 303 g/mol. The van der Waals surface area contributed by atoms with Crippen LogP contribution in [-0.2, 0) is 24.3 Å². The second-order valence-corrected chi connectivity index (χ2v) is 5.42. The fourth-order valence-corrected chi connectivity index (χ4v) is 2.26. The Balaban J connectivity index is 2.65. The van der Waals surface area contributed by atoms with Crippen molar-refractivity contribution in [1.82, 2.24) is 4.72 Å². The van der Waals surface area contributed by atoms with Crippen LogP contribution in [0.2, 0.25) is 0 Å². The molecular weight excluding hydrogens is 286 g/mol. The molecule has 0 aliphatic rings. The van der Waals surface area contributed by atoms with Crippen LogP contribution in [0.5, 0.6) is 5.75 Å². The van der Waals surface area contributed by atoms with Crippen molar-refractivity contribution in [3.63, 3.8) is 0 Å². The van der Waals surface area contributed by atoms with Crippen molar-refractivity contribution in [3.8, 4) is 5.75 Å². The molecule has 7 nitrogen and oxygen atoms in total. The summed E-state index contributed by atoms with van der Waals surface area (Å²) in [5, 5.41) is 0. The Morgan fingerprint density at radius 3 is 2.45 bits per heavy atom. The molecule has 0 heterocycles. The number of benzene rings is 1. The Hall–Kier alpha value is -1.64. The van der Waals surface area contributed by atoms with E-state index < -0.39 is 22.5 Å². The molecule has 0 bridgehead atoms. The molecule has 0 saturated carbocycles. The van der Waals surface area contributed by atoms with E-state index in [1.165, 1.54) is 31.4 Å². The largest absolute Gasteiger partial charge is 0.468 e. The fourth-order valence-electron chi connectivity index (χ4n) is 1.29. The van der Waals surface area contributed by atoms with E-state index in [1.807, 2.05) is 0 Å². The lowest BCUT2D eigenvalue weighted by molar-refractivity contribution is -0.141. The van der Waals surface area contributed by atoms with Gasteiger partial charge in [0.2, 0.25) is 10.0 Å². The number of nitrogens with one attached hydrogen (secondary N) is 1. The Bertz CT molecular complexity index is 525. The van der Waals surface area contributed by atoms with Crippen molar-refractivity contribution in [1.29, 1.82) is 0 Å². The van der Waals surface area contributed by atoms with Gasteiger partial charge in [-0.25, -0.2) is 8.42 Å². The first-order chi connectivity index (χ1) is 9.49. The molecule has 0 radical (unpaired) electrons. The molecule has 8 heteroatoms. The standard InChI is InChI=1S/C12H17NO6S/c1-3-18-12(14)8-13-20(15,16)11-6-4-10(5-7-11)19-9-17-2/h4-7,13H,3,8-9H2,1-2H3. The molecule has 0 aliphatic carbocycles. The summed E-state index contributed by atoms with van der Waals surface area (Å²) >= 11 is 0. The van der Waals surface area contributed by atoms with Crippen LogP contribution in [0.1, 0.15) is 6.92 Å². The summed E-state index contributed by atoms with van der Waals surface area (Å²) in [5.41, 5.74) is 0. The highest BCUT2D eigenvalue weighted by molar-refractivity contribution is 7.89. The number of carbonyl (C=O) groups excluding carboxylic acids is 1. The number of ether oxygens (including phenoxy) is 3. The van der Waals surface area contributed by atoms with Gasteiger partial charge in [0.1, 0.15) is 12.3 Å². The van der Waals surface area contributed by atoms with Crippen LogP contribution in [0.15, 0.2) is 29.2 Å². The molecule has 20 heavy (non-hydrogen) atoms. The third kappa shape index (κ3) is 5.16. The van der Waals surface area contributed by atoms with Gasteiger partial charge < -0.3 is 14.2 Å². The van der Waals surface area contributed by atoms with Gasteiger partial charge in [-0.15, -0.1) is 0 Å². The van der Waals surface area contributed by atoms with Crippen molar-refractivity contribution in [2.24, 2.45) is 0 Å². The van der Waals surface area contributed by atoms with Crippen LogP contribution in [0, 0.1) is 0 Å². The van der Waals surface area contributed by atoms with Gasteiger partial charge in [0, 0.05) is 7.11 Å². The smallest absolute Gasteiger partial charge is 0.321 e. The number of esters is 1. The van der Waals surface area contributed by atoms with Gasteiger partial charge in [-0.05, 0) is 31.2 Å². The number of carbonyl (C=O) groups is 1. The SMILES string of the molecule is CCOC(=O)CNS(=O)(=O)c1ccc(OCOC)cc1. The van der Waals surface area contributed by atoms with Gasteiger partial charge in [-0.1, -0.05) is 0 Å². The highest BCUT2D eigenvalue weighted by atomic mass is 32.2. The lowest BCUT2D eigenvalue weighted by Gasteiger charge is -2.08. The molecule has 1 N–H and O–H groups in total. The average molecular weight is 303 g/mol. The molecule has 0 atom stereocenters. The molecule has 0 saturated heterocycles. The number of sulfonamides is 1. The molecular formula is C12H17NO6S. The molecule has 0 aliphatic heterocycles. The molecule has 1 rings (SSSR count). The first kappa shape index (κ1) is 16.4. The summed E-state index contributed by atoms with van der Waals surface area (Å²) in [4.78, 5) is 11.1. The molecule has 0 spiro atoms. The van der Waals surface area contributed by atoms with Gasteiger partial charge in [-0.3, -0.25) is 4.79 Å². The van der Waals surface area contributed by atoms with Crippen molar-refractivity contribution in [3.05, 3.63) is 24.3 Å². The Labute approximate surface area is 117 Å². The number of rotatable bonds is 8. The molecule has 0 aromatic heterocycles. The van der Waals surface area contributed by atoms with Gasteiger partial charge in [0.25, 0.3) is 0 Å². The van der Waals surface area contributed by atoms with E-state index in [-0.39, 0.29) is 18.3 Å². The highest BCUT2D eigenvalue weighted by Crippen LogP contribution is 2.15. The minimum atomic E-state index is -3.75. The van der Waals surface area contributed by atoms with Crippen LogP contribution in [0.4, 0.5) is 0 Å². The zero-order chi connectivity index (χ0) is 15.0. The minimum Gasteiger partial charge on any atom is -0.468 e. The van der Waals surface area contributed by atoms with Crippen LogP contribution < -0.4 is 9.46 Å².